The fraction of sp³-hybridized carbons (Fsp3) is 0.200. The van der Waals surface area contributed by atoms with E-state index in [1.54, 1.807) is 17.0 Å². The van der Waals surface area contributed by atoms with Crippen LogP contribution in [-0.4, -0.2) is 30.6 Å². The number of carbonyl (C=O) groups is 1. The van der Waals surface area contributed by atoms with E-state index in [-0.39, 0.29) is 5.69 Å². The Morgan fingerprint density at radius 2 is 2.25 bits per heavy atom. The van der Waals surface area contributed by atoms with Gasteiger partial charge in [0.05, 0.1) is 0 Å². The van der Waals surface area contributed by atoms with Gasteiger partial charge in [0.15, 0.2) is 5.69 Å². The highest BCUT2D eigenvalue weighted by atomic mass is 16.4. The Morgan fingerprint density at radius 1 is 1.44 bits per heavy atom. The number of carboxylic acids is 1. The molecule has 16 heavy (non-hydrogen) atoms. The molecule has 0 aliphatic carbocycles. The number of carboxylic acid groups (broad SMARTS) is 1. The van der Waals surface area contributed by atoms with Gasteiger partial charge < -0.3 is 5.11 Å². The van der Waals surface area contributed by atoms with Gasteiger partial charge in [0.1, 0.15) is 5.82 Å². The van der Waals surface area contributed by atoms with E-state index in [1.165, 1.54) is 12.3 Å². The van der Waals surface area contributed by atoms with Gasteiger partial charge in [-0.05, 0) is 6.07 Å². The Kier molecular flexibility index (Phi) is 2.63. The van der Waals surface area contributed by atoms with Crippen LogP contribution >= 0.6 is 0 Å². The van der Waals surface area contributed by atoms with E-state index in [0.717, 1.165) is 12.2 Å². The topological polar surface area (TPSA) is 80.9 Å². The summed E-state index contributed by atoms with van der Waals surface area (Å²) in [4.78, 5) is 22.8. The molecule has 0 radical (unpaired) electrons. The first-order valence-electron chi connectivity index (χ1n) is 4.81. The van der Waals surface area contributed by atoms with Gasteiger partial charge >= 0.3 is 5.97 Å². The minimum atomic E-state index is -1.07. The van der Waals surface area contributed by atoms with Gasteiger partial charge in [0.25, 0.3) is 0 Å². The Balaban J connectivity index is 2.48. The van der Waals surface area contributed by atoms with Crippen molar-refractivity contribution in [2.24, 2.45) is 0 Å². The van der Waals surface area contributed by atoms with Crippen LogP contribution in [0.5, 0.6) is 0 Å². The molecule has 0 saturated carbocycles. The van der Waals surface area contributed by atoms with Crippen LogP contribution in [0.3, 0.4) is 0 Å². The first-order chi connectivity index (χ1) is 7.72. The van der Waals surface area contributed by atoms with Crippen LogP contribution in [0.2, 0.25) is 0 Å². The summed E-state index contributed by atoms with van der Waals surface area (Å²) in [5.74, 6) is 0.0543. The van der Waals surface area contributed by atoms with Gasteiger partial charge in [-0.25, -0.2) is 19.7 Å². The second-order valence-electron chi connectivity index (χ2n) is 3.11. The lowest BCUT2D eigenvalue weighted by Crippen LogP contribution is -2.08. The fourth-order valence-corrected chi connectivity index (χ4v) is 1.36. The summed E-state index contributed by atoms with van der Waals surface area (Å²) >= 11 is 0. The molecule has 1 N–H and O–H groups in total. The van der Waals surface area contributed by atoms with E-state index < -0.39 is 5.97 Å². The summed E-state index contributed by atoms with van der Waals surface area (Å²) in [6.07, 6.45) is 5.49. The number of imidazole rings is 1. The van der Waals surface area contributed by atoms with Crippen LogP contribution in [0.25, 0.3) is 5.95 Å². The summed E-state index contributed by atoms with van der Waals surface area (Å²) in [5.41, 5.74) is -0.0271. The zero-order chi connectivity index (χ0) is 11.5. The predicted octanol–water partition coefficient (Wildman–Crippen LogP) is 0.923. The molecule has 0 aliphatic rings. The average molecular weight is 218 g/mol. The zero-order valence-corrected chi connectivity index (χ0v) is 8.66. The third kappa shape index (κ3) is 1.77. The van der Waals surface area contributed by atoms with E-state index in [0.29, 0.717) is 5.95 Å². The largest absolute Gasteiger partial charge is 0.477 e. The van der Waals surface area contributed by atoms with Gasteiger partial charge in [-0.15, -0.1) is 0 Å². The number of nitrogens with zero attached hydrogens (tertiary/aromatic N) is 4. The third-order valence-electron chi connectivity index (χ3n) is 2.11. The normalized spacial score (nSPS) is 10.3. The molecule has 2 aromatic rings. The molecular formula is C10H10N4O2. The zero-order valence-electron chi connectivity index (χ0n) is 8.66. The molecule has 6 nitrogen and oxygen atoms in total. The standard InChI is InChI=1S/C10H10N4O2/c1-2-8-11-5-6-14(8)10-12-4-3-7(13-10)9(15)16/h3-6H,2H2,1H3,(H,15,16). The van der Waals surface area contributed by atoms with Crippen LogP contribution in [0.1, 0.15) is 23.2 Å². The second kappa shape index (κ2) is 4.09. The van der Waals surface area contributed by atoms with Crippen molar-refractivity contribution in [2.45, 2.75) is 13.3 Å². The number of aromatic nitrogens is 4. The Morgan fingerprint density at radius 3 is 2.94 bits per heavy atom. The van der Waals surface area contributed by atoms with Gasteiger partial charge in [0, 0.05) is 25.0 Å². The van der Waals surface area contributed by atoms with Crippen LogP contribution in [-0.2, 0) is 6.42 Å². The van der Waals surface area contributed by atoms with Crippen LogP contribution in [0, 0.1) is 0 Å². The quantitative estimate of drug-likeness (QED) is 0.828. The smallest absolute Gasteiger partial charge is 0.354 e. The second-order valence-corrected chi connectivity index (χ2v) is 3.11. The van der Waals surface area contributed by atoms with Gasteiger partial charge in [-0.3, -0.25) is 4.57 Å². The highest BCUT2D eigenvalue weighted by molar-refractivity contribution is 5.85. The van der Waals surface area contributed by atoms with E-state index in [1.807, 2.05) is 6.92 Å². The van der Waals surface area contributed by atoms with Gasteiger partial charge in [-0.2, -0.15) is 0 Å². The van der Waals surface area contributed by atoms with Gasteiger partial charge in [-0.1, -0.05) is 6.92 Å². The molecule has 0 spiro atoms. The average Bonchev–Trinajstić information content (AvgIpc) is 2.77. The van der Waals surface area contributed by atoms with Crippen LogP contribution in [0.15, 0.2) is 24.7 Å². The van der Waals surface area contributed by atoms with Crippen molar-refractivity contribution in [1.82, 2.24) is 19.5 Å². The van der Waals surface area contributed by atoms with Crippen molar-refractivity contribution in [2.75, 3.05) is 0 Å². The van der Waals surface area contributed by atoms with Crippen molar-refractivity contribution < 1.29 is 9.90 Å². The maximum absolute atomic E-state index is 10.8. The lowest BCUT2D eigenvalue weighted by atomic mass is 10.4. The maximum Gasteiger partial charge on any atom is 0.354 e. The van der Waals surface area contributed by atoms with Crippen LogP contribution < -0.4 is 0 Å². The number of hydrogen-bond acceptors (Lipinski definition) is 4. The molecule has 0 atom stereocenters. The van der Waals surface area contributed by atoms with Crippen LogP contribution in [0.4, 0.5) is 0 Å². The maximum atomic E-state index is 10.8. The molecule has 0 aliphatic heterocycles. The monoisotopic (exact) mass is 218 g/mol. The van der Waals surface area contributed by atoms with E-state index >= 15 is 0 Å². The summed E-state index contributed by atoms with van der Waals surface area (Å²) < 4.78 is 1.67. The lowest BCUT2D eigenvalue weighted by Gasteiger charge is -2.04. The molecule has 0 bridgehead atoms. The van der Waals surface area contributed by atoms with Crippen molar-refractivity contribution in [3.05, 3.63) is 36.2 Å². The molecule has 0 unspecified atom stereocenters. The minimum absolute atomic E-state index is 0.0271. The number of rotatable bonds is 3. The summed E-state index contributed by atoms with van der Waals surface area (Å²) in [6.45, 7) is 1.96. The van der Waals surface area contributed by atoms with E-state index in [4.69, 9.17) is 5.11 Å². The molecule has 6 heteroatoms. The Labute approximate surface area is 91.6 Å². The van der Waals surface area contributed by atoms with Crippen molar-refractivity contribution >= 4 is 5.97 Å². The highest BCUT2D eigenvalue weighted by Crippen LogP contribution is 2.06. The molecule has 2 aromatic heterocycles. The summed E-state index contributed by atoms with van der Waals surface area (Å²) in [6, 6.07) is 1.36. The first kappa shape index (κ1) is 10.3. The van der Waals surface area contributed by atoms with Gasteiger partial charge in [0.2, 0.25) is 5.95 Å². The molecular weight excluding hydrogens is 208 g/mol. The fourth-order valence-electron chi connectivity index (χ4n) is 1.36. The third-order valence-corrected chi connectivity index (χ3v) is 2.11. The number of aryl methyl sites for hydroxylation is 1. The molecule has 0 aromatic carbocycles. The van der Waals surface area contributed by atoms with Crippen molar-refractivity contribution in [3.63, 3.8) is 0 Å². The van der Waals surface area contributed by atoms with Crippen molar-refractivity contribution in [1.29, 1.82) is 0 Å². The SMILES string of the molecule is CCc1nccn1-c1nccc(C(=O)O)n1. The molecule has 0 saturated heterocycles. The Bertz CT molecular complexity index is 521. The van der Waals surface area contributed by atoms with E-state index in [2.05, 4.69) is 15.0 Å². The first-order valence-corrected chi connectivity index (χ1v) is 4.81. The molecule has 82 valence electrons. The predicted molar refractivity (Wildman–Crippen MR) is 55.5 cm³/mol. The number of hydrogen-bond donors (Lipinski definition) is 1. The summed E-state index contributed by atoms with van der Waals surface area (Å²) in [5, 5.41) is 8.82. The Hall–Kier alpha value is -2.24. The molecule has 0 fully saturated rings. The molecule has 2 heterocycles. The molecule has 2 rings (SSSR count). The van der Waals surface area contributed by atoms with E-state index in [9.17, 15) is 4.79 Å². The minimum Gasteiger partial charge on any atom is -0.477 e. The summed E-state index contributed by atoms with van der Waals surface area (Å²) in [7, 11) is 0. The number of aromatic carboxylic acids is 1. The lowest BCUT2D eigenvalue weighted by molar-refractivity contribution is 0.0690. The molecule has 0 amide bonds. The van der Waals surface area contributed by atoms with Crippen molar-refractivity contribution in [3.8, 4) is 5.95 Å². The highest BCUT2D eigenvalue weighted by Gasteiger charge is 2.09.